The van der Waals surface area contributed by atoms with E-state index in [2.05, 4.69) is 0 Å². The van der Waals surface area contributed by atoms with Crippen LogP contribution in [-0.4, -0.2) is 12.2 Å². The van der Waals surface area contributed by atoms with E-state index < -0.39 is 0 Å². The van der Waals surface area contributed by atoms with Gasteiger partial charge in [-0.25, -0.2) is 0 Å². The largest absolute Gasteiger partial charge is 0.486 e. The molecular formula is C6H6O2S. The molecule has 0 saturated carbocycles. The fourth-order valence-electron chi connectivity index (χ4n) is 0.498. The highest BCUT2D eigenvalue weighted by atomic mass is 32.1. The predicted octanol–water partition coefficient (Wildman–Crippen LogP) is 1.60. The standard InChI is InChI=1S/C6H6O2S/c1-7-6(9)5-2-3-8-4-5/h2-4H,1H3. The Kier molecular flexibility index (Phi) is 1.85. The molecule has 0 radical (unpaired) electrons. The normalized spacial score (nSPS) is 9.00. The minimum absolute atomic E-state index is 0.462. The highest BCUT2D eigenvalue weighted by Gasteiger charge is 1.98. The fourth-order valence-corrected chi connectivity index (χ4v) is 0.615. The number of ether oxygens (including phenoxy) is 1. The average Bonchev–Trinajstić information content (AvgIpc) is 2.37. The summed E-state index contributed by atoms with van der Waals surface area (Å²) >= 11 is 4.79. The Morgan fingerprint density at radius 1 is 1.78 bits per heavy atom. The van der Waals surface area contributed by atoms with E-state index in [1.165, 1.54) is 7.11 Å². The van der Waals surface area contributed by atoms with Gasteiger partial charge < -0.3 is 9.15 Å². The fraction of sp³-hybridized carbons (Fsp3) is 0.167. The lowest BCUT2D eigenvalue weighted by Gasteiger charge is -1.94. The molecular weight excluding hydrogens is 136 g/mol. The lowest BCUT2D eigenvalue weighted by molar-refractivity contribution is 0.415. The minimum atomic E-state index is 0.462. The first-order valence-corrected chi connectivity index (χ1v) is 2.86. The van der Waals surface area contributed by atoms with Gasteiger partial charge in [-0.15, -0.1) is 0 Å². The van der Waals surface area contributed by atoms with E-state index >= 15 is 0 Å². The summed E-state index contributed by atoms with van der Waals surface area (Å²) in [5.41, 5.74) is 0.813. The van der Waals surface area contributed by atoms with Crippen LogP contribution in [0.15, 0.2) is 23.0 Å². The molecule has 0 aliphatic carbocycles. The summed E-state index contributed by atoms with van der Waals surface area (Å²) in [5, 5.41) is 0.462. The van der Waals surface area contributed by atoms with Gasteiger partial charge >= 0.3 is 0 Å². The van der Waals surface area contributed by atoms with Crippen LogP contribution in [0.3, 0.4) is 0 Å². The summed E-state index contributed by atoms with van der Waals surface area (Å²) in [6.07, 6.45) is 3.10. The maximum absolute atomic E-state index is 4.79. The number of furan rings is 1. The molecule has 1 heterocycles. The molecule has 0 amide bonds. The molecule has 0 bridgehead atoms. The first-order valence-electron chi connectivity index (χ1n) is 2.45. The van der Waals surface area contributed by atoms with Gasteiger partial charge in [-0.2, -0.15) is 0 Å². The van der Waals surface area contributed by atoms with Crippen LogP contribution in [-0.2, 0) is 4.74 Å². The molecule has 0 saturated heterocycles. The zero-order valence-corrected chi connectivity index (χ0v) is 5.77. The van der Waals surface area contributed by atoms with Crippen molar-refractivity contribution >= 4 is 17.3 Å². The molecule has 0 spiro atoms. The third-order valence-electron chi connectivity index (χ3n) is 0.942. The van der Waals surface area contributed by atoms with Crippen LogP contribution < -0.4 is 0 Å². The molecule has 0 aliphatic heterocycles. The summed E-state index contributed by atoms with van der Waals surface area (Å²) < 4.78 is 9.54. The van der Waals surface area contributed by atoms with E-state index in [-0.39, 0.29) is 0 Å². The molecule has 0 fully saturated rings. The second kappa shape index (κ2) is 2.64. The Balaban J connectivity index is 2.77. The van der Waals surface area contributed by atoms with Crippen LogP contribution in [0.4, 0.5) is 0 Å². The maximum atomic E-state index is 4.79. The third-order valence-corrected chi connectivity index (χ3v) is 1.34. The smallest absolute Gasteiger partial charge is 0.194 e. The summed E-state index contributed by atoms with van der Waals surface area (Å²) in [6, 6.07) is 1.76. The van der Waals surface area contributed by atoms with Crippen molar-refractivity contribution in [3.63, 3.8) is 0 Å². The summed E-state index contributed by atoms with van der Waals surface area (Å²) in [6.45, 7) is 0. The Morgan fingerprint density at radius 2 is 2.56 bits per heavy atom. The van der Waals surface area contributed by atoms with Crippen molar-refractivity contribution < 1.29 is 9.15 Å². The molecule has 48 valence electrons. The van der Waals surface area contributed by atoms with Crippen molar-refractivity contribution in [1.29, 1.82) is 0 Å². The second-order valence-corrected chi connectivity index (χ2v) is 1.87. The molecule has 2 nitrogen and oxygen atoms in total. The predicted molar refractivity (Wildman–Crippen MR) is 37.4 cm³/mol. The van der Waals surface area contributed by atoms with Crippen LogP contribution >= 0.6 is 12.2 Å². The summed E-state index contributed by atoms with van der Waals surface area (Å²) in [5.74, 6) is 0. The van der Waals surface area contributed by atoms with Gasteiger partial charge in [0.15, 0.2) is 5.05 Å². The van der Waals surface area contributed by atoms with E-state index in [1.807, 2.05) is 0 Å². The third kappa shape index (κ3) is 1.29. The van der Waals surface area contributed by atoms with Crippen molar-refractivity contribution in [3.05, 3.63) is 24.2 Å². The summed E-state index contributed by atoms with van der Waals surface area (Å²) in [4.78, 5) is 0. The average molecular weight is 142 g/mol. The van der Waals surface area contributed by atoms with Crippen molar-refractivity contribution in [3.8, 4) is 0 Å². The molecule has 1 rings (SSSR count). The summed E-state index contributed by atoms with van der Waals surface area (Å²) in [7, 11) is 1.54. The van der Waals surface area contributed by atoms with Gasteiger partial charge in [0.05, 0.1) is 18.9 Å². The lowest BCUT2D eigenvalue weighted by Crippen LogP contribution is -1.95. The van der Waals surface area contributed by atoms with E-state index in [0.29, 0.717) is 5.05 Å². The zero-order valence-electron chi connectivity index (χ0n) is 4.96. The van der Waals surface area contributed by atoms with Crippen LogP contribution in [0.2, 0.25) is 0 Å². The molecule has 1 aromatic rings. The van der Waals surface area contributed by atoms with Gasteiger partial charge in [-0.1, -0.05) is 0 Å². The molecule has 3 heteroatoms. The first kappa shape index (κ1) is 6.29. The van der Waals surface area contributed by atoms with Crippen molar-refractivity contribution in [2.24, 2.45) is 0 Å². The number of hydrogen-bond acceptors (Lipinski definition) is 3. The maximum Gasteiger partial charge on any atom is 0.194 e. The number of methoxy groups -OCH3 is 1. The molecule has 0 aromatic carbocycles. The van der Waals surface area contributed by atoms with Crippen molar-refractivity contribution in [1.82, 2.24) is 0 Å². The van der Waals surface area contributed by atoms with Gasteiger partial charge in [0, 0.05) is 0 Å². The molecule has 0 N–H and O–H groups in total. The molecule has 1 aromatic heterocycles. The number of hydrogen-bond donors (Lipinski definition) is 0. The van der Waals surface area contributed by atoms with Crippen LogP contribution in [0.25, 0.3) is 0 Å². The Bertz CT molecular complexity index is 191. The van der Waals surface area contributed by atoms with E-state index in [9.17, 15) is 0 Å². The minimum Gasteiger partial charge on any atom is -0.486 e. The van der Waals surface area contributed by atoms with Gasteiger partial charge in [0.25, 0.3) is 0 Å². The van der Waals surface area contributed by atoms with Gasteiger partial charge in [0.1, 0.15) is 6.26 Å². The Hall–Kier alpha value is -0.830. The van der Waals surface area contributed by atoms with Crippen molar-refractivity contribution in [2.75, 3.05) is 7.11 Å². The van der Waals surface area contributed by atoms with Crippen LogP contribution in [0.5, 0.6) is 0 Å². The molecule has 9 heavy (non-hydrogen) atoms. The van der Waals surface area contributed by atoms with Gasteiger partial charge in [-0.3, -0.25) is 0 Å². The van der Waals surface area contributed by atoms with Crippen LogP contribution in [0.1, 0.15) is 5.56 Å². The zero-order chi connectivity index (χ0) is 6.69. The first-order chi connectivity index (χ1) is 4.34. The molecule has 0 atom stereocenters. The van der Waals surface area contributed by atoms with Gasteiger partial charge in [-0.05, 0) is 18.3 Å². The second-order valence-electron chi connectivity index (χ2n) is 1.50. The topological polar surface area (TPSA) is 22.4 Å². The highest BCUT2D eigenvalue weighted by molar-refractivity contribution is 7.80. The van der Waals surface area contributed by atoms with E-state index in [4.69, 9.17) is 21.4 Å². The van der Waals surface area contributed by atoms with Crippen molar-refractivity contribution in [2.45, 2.75) is 0 Å². The lowest BCUT2D eigenvalue weighted by atomic mass is 10.4. The quantitative estimate of drug-likeness (QED) is 0.556. The molecule has 0 aliphatic rings. The van der Waals surface area contributed by atoms with E-state index in [0.717, 1.165) is 5.56 Å². The number of thiocarbonyl (C=S) groups is 1. The van der Waals surface area contributed by atoms with Gasteiger partial charge in [0.2, 0.25) is 0 Å². The highest BCUT2D eigenvalue weighted by Crippen LogP contribution is 2.01. The molecule has 0 unspecified atom stereocenters. The van der Waals surface area contributed by atoms with E-state index in [1.54, 1.807) is 18.6 Å². The number of rotatable bonds is 1. The monoisotopic (exact) mass is 142 g/mol. The Morgan fingerprint density at radius 3 is 3.00 bits per heavy atom. The Labute approximate surface area is 58.4 Å². The SMILES string of the molecule is COC(=S)c1ccoc1. The van der Waals surface area contributed by atoms with Crippen LogP contribution in [0, 0.1) is 0 Å².